The summed E-state index contributed by atoms with van der Waals surface area (Å²) >= 11 is 1.23. The summed E-state index contributed by atoms with van der Waals surface area (Å²) in [5.41, 5.74) is -0.393. The van der Waals surface area contributed by atoms with E-state index in [1.165, 1.54) is 29.7 Å². The molecule has 4 rings (SSSR count). The van der Waals surface area contributed by atoms with Crippen molar-refractivity contribution >= 4 is 28.0 Å². The van der Waals surface area contributed by atoms with Gasteiger partial charge < -0.3 is 5.32 Å². The predicted molar refractivity (Wildman–Crippen MR) is 103 cm³/mol. The number of hydrogen-bond donors (Lipinski definition) is 1. The summed E-state index contributed by atoms with van der Waals surface area (Å²) in [6, 6.07) is 5.86. The maximum atomic E-state index is 12.8. The van der Waals surface area contributed by atoms with Crippen LogP contribution in [0.1, 0.15) is 11.3 Å². The van der Waals surface area contributed by atoms with Crippen molar-refractivity contribution in [3.8, 4) is 11.4 Å². The molecule has 3 aromatic heterocycles. The van der Waals surface area contributed by atoms with Crippen LogP contribution < -0.4 is 11.0 Å². The van der Waals surface area contributed by atoms with Gasteiger partial charge in [-0.15, -0.1) is 16.4 Å². The average Bonchev–Trinajstić information content (AvgIpc) is 3.29. The molecular weight excluding hydrogens is 421 g/mol. The number of anilines is 1. The van der Waals surface area contributed by atoms with E-state index >= 15 is 0 Å². The number of thiazole rings is 1. The lowest BCUT2D eigenvalue weighted by Gasteiger charge is -2.08. The molecule has 0 bridgehead atoms. The Morgan fingerprint density at radius 1 is 1.23 bits per heavy atom. The van der Waals surface area contributed by atoms with Gasteiger partial charge in [0.25, 0.3) is 0 Å². The summed E-state index contributed by atoms with van der Waals surface area (Å²) in [6.07, 6.45) is -2.94. The van der Waals surface area contributed by atoms with Crippen molar-refractivity contribution in [3.63, 3.8) is 0 Å². The van der Waals surface area contributed by atoms with Gasteiger partial charge in [-0.3, -0.25) is 4.79 Å². The summed E-state index contributed by atoms with van der Waals surface area (Å²) < 4.78 is 40.6. The van der Waals surface area contributed by atoms with E-state index in [9.17, 15) is 22.8 Å². The Balaban J connectivity index is 1.73. The number of amides is 1. The molecule has 0 aliphatic rings. The van der Waals surface area contributed by atoms with Crippen molar-refractivity contribution in [3.05, 3.63) is 63.7 Å². The zero-order valence-corrected chi connectivity index (χ0v) is 16.2. The van der Waals surface area contributed by atoms with E-state index < -0.39 is 23.3 Å². The average molecular weight is 434 g/mol. The molecule has 1 amide bonds. The second kappa shape index (κ2) is 7.37. The minimum Gasteiger partial charge on any atom is -0.300 e. The summed E-state index contributed by atoms with van der Waals surface area (Å²) in [6.45, 7) is 1.32. The van der Waals surface area contributed by atoms with Crippen LogP contribution in [0, 0.1) is 6.92 Å². The number of nitrogens with zero attached hydrogens (tertiary/aromatic N) is 5. The van der Waals surface area contributed by atoms with Gasteiger partial charge in [-0.2, -0.15) is 13.2 Å². The van der Waals surface area contributed by atoms with Gasteiger partial charge in [0, 0.05) is 28.9 Å². The number of alkyl halides is 3. The summed E-state index contributed by atoms with van der Waals surface area (Å²) in [5.74, 6) is -0.355. The van der Waals surface area contributed by atoms with Crippen LogP contribution in [0.2, 0.25) is 0 Å². The van der Waals surface area contributed by atoms with Crippen LogP contribution in [-0.2, 0) is 17.5 Å². The molecule has 0 saturated carbocycles. The standard InChI is InChI=1S/C18H13F3N6O2S/c1-10-8-13-25-26(9-14(28)24-16-22-6-7-30-16)17(29)27(13)15(23-10)11-2-4-12(5-3-11)18(19,20)21/h2-8H,9H2,1H3,(H,22,24,28). The fourth-order valence-corrected chi connectivity index (χ4v) is 3.38. The van der Waals surface area contributed by atoms with Crippen molar-refractivity contribution in [2.75, 3.05) is 5.32 Å². The fourth-order valence-electron chi connectivity index (χ4n) is 2.84. The normalized spacial score (nSPS) is 11.7. The smallest absolute Gasteiger partial charge is 0.300 e. The number of aryl methyl sites for hydroxylation is 1. The Kier molecular flexibility index (Phi) is 4.86. The van der Waals surface area contributed by atoms with Gasteiger partial charge in [0.15, 0.2) is 10.8 Å². The first-order valence-corrected chi connectivity index (χ1v) is 9.44. The van der Waals surface area contributed by atoms with E-state index in [1.807, 2.05) is 0 Å². The highest BCUT2D eigenvalue weighted by atomic mass is 32.1. The number of carbonyl (C=O) groups is 1. The number of nitrogens with one attached hydrogen (secondary N) is 1. The molecule has 8 nitrogen and oxygen atoms in total. The van der Waals surface area contributed by atoms with Crippen molar-refractivity contribution in [2.24, 2.45) is 0 Å². The van der Waals surface area contributed by atoms with E-state index in [2.05, 4.69) is 20.4 Å². The molecule has 0 saturated heterocycles. The summed E-state index contributed by atoms with van der Waals surface area (Å²) in [7, 11) is 0. The van der Waals surface area contributed by atoms with E-state index in [0.717, 1.165) is 21.2 Å². The quantitative estimate of drug-likeness (QED) is 0.533. The molecule has 0 spiro atoms. The third-order valence-electron chi connectivity index (χ3n) is 4.14. The maximum absolute atomic E-state index is 12.8. The molecule has 0 fully saturated rings. The fraction of sp³-hybridized carbons (Fsp3) is 0.167. The first-order chi connectivity index (χ1) is 14.2. The molecule has 0 aliphatic heterocycles. The molecule has 4 aromatic rings. The Hall–Kier alpha value is -3.54. The van der Waals surface area contributed by atoms with Crippen LogP contribution in [0.5, 0.6) is 0 Å². The molecule has 1 aromatic carbocycles. The second-order valence-electron chi connectivity index (χ2n) is 6.32. The second-order valence-corrected chi connectivity index (χ2v) is 7.21. The SMILES string of the molecule is Cc1cc2nn(CC(=O)Nc3nccs3)c(=O)n2c(-c2ccc(C(F)(F)F)cc2)n1. The number of benzene rings is 1. The Morgan fingerprint density at radius 3 is 2.60 bits per heavy atom. The van der Waals surface area contributed by atoms with Gasteiger partial charge in [0.1, 0.15) is 12.4 Å². The molecule has 0 aliphatic carbocycles. The monoisotopic (exact) mass is 434 g/mol. The molecule has 12 heteroatoms. The first kappa shape index (κ1) is 19.8. The largest absolute Gasteiger partial charge is 0.416 e. The molecule has 0 unspecified atom stereocenters. The Labute approximate surface area is 170 Å². The van der Waals surface area contributed by atoms with Gasteiger partial charge >= 0.3 is 11.9 Å². The number of halogens is 3. The van der Waals surface area contributed by atoms with Gasteiger partial charge in [-0.25, -0.2) is 23.8 Å². The van der Waals surface area contributed by atoms with Crippen molar-refractivity contribution < 1.29 is 18.0 Å². The number of aromatic nitrogens is 5. The van der Waals surface area contributed by atoms with Crippen molar-refractivity contribution in [2.45, 2.75) is 19.6 Å². The van der Waals surface area contributed by atoms with Gasteiger partial charge in [0.05, 0.1) is 5.56 Å². The lowest BCUT2D eigenvalue weighted by atomic mass is 10.1. The lowest BCUT2D eigenvalue weighted by molar-refractivity contribution is -0.137. The lowest BCUT2D eigenvalue weighted by Crippen LogP contribution is -2.28. The van der Waals surface area contributed by atoms with E-state index in [-0.39, 0.29) is 18.0 Å². The minimum atomic E-state index is -4.47. The van der Waals surface area contributed by atoms with Crippen LogP contribution >= 0.6 is 11.3 Å². The highest BCUT2D eigenvalue weighted by Crippen LogP contribution is 2.30. The number of fused-ring (bicyclic) bond motifs is 1. The number of hydrogen-bond acceptors (Lipinski definition) is 6. The van der Waals surface area contributed by atoms with Gasteiger partial charge in [-0.1, -0.05) is 12.1 Å². The first-order valence-electron chi connectivity index (χ1n) is 8.56. The van der Waals surface area contributed by atoms with E-state index in [0.29, 0.717) is 16.4 Å². The maximum Gasteiger partial charge on any atom is 0.416 e. The Morgan fingerprint density at radius 2 is 1.97 bits per heavy atom. The molecule has 1 N–H and O–H groups in total. The van der Waals surface area contributed by atoms with E-state index in [1.54, 1.807) is 18.4 Å². The summed E-state index contributed by atoms with van der Waals surface area (Å²) in [4.78, 5) is 33.3. The third kappa shape index (κ3) is 3.81. The zero-order valence-electron chi connectivity index (χ0n) is 15.3. The van der Waals surface area contributed by atoms with Crippen LogP contribution in [0.3, 0.4) is 0 Å². The molecular formula is C18H13F3N6O2S. The third-order valence-corrected chi connectivity index (χ3v) is 4.83. The molecule has 0 radical (unpaired) electrons. The molecule has 154 valence electrons. The number of carbonyl (C=O) groups excluding carboxylic acids is 1. The van der Waals surface area contributed by atoms with Gasteiger partial charge in [0.2, 0.25) is 5.91 Å². The van der Waals surface area contributed by atoms with E-state index in [4.69, 9.17) is 0 Å². The van der Waals surface area contributed by atoms with Crippen LogP contribution in [-0.4, -0.2) is 30.1 Å². The van der Waals surface area contributed by atoms with Crippen molar-refractivity contribution in [1.82, 2.24) is 24.1 Å². The predicted octanol–water partition coefficient (Wildman–Crippen LogP) is 2.98. The Bertz CT molecular complexity index is 1280. The van der Waals surface area contributed by atoms with Crippen molar-refractivity contribution in [1.29, 1.82) is 0 Å². The van der Waals surface area contributed by atoms with Crippen LogP contribution in [0.15, 0.2) is 46.7 Å². The molecule has 0 atom stereocenters. The summed E-state index contributed by atoms with van der Waals surface area (Å²) in [5, 5.41) is 8.79. The topological polar surface area (TPSA) is 94.2 Å². The zero-order chi connectivity index (χ0) is 21.5. The molecule has 3 heterocycles. The highest BCUT2D eigenvalue weighted by Gasteiger charge is 2.30. The molecule has 30 heavy (non-hydrogen) atoms. The van der Waals surface area contributed by atoms with Crippen LogP contribution in [0.4, 0.5) is 18.3 Å². The van der Waals surface area contributed by atoms with Gasteiger partial charge in [-0.05, 0) is 19.1 Å². The minimum absolute atomic E-state index is 0.135. The number of rotatable bonds is 4. The highest BCUT2D eigenvalue weighted by molar-refractivity contribution is 7.13. The van der Waals surface area contributed by atoms with Crippen LogP contribution in [0.25, 0.3) is 17.0 Å².